The van der Waals surface area contributed by atoms with E-state index in [-0.39, 0.29) is 31.0 Å². The number of hydrogen-bond acceptors (Lipinski definition) is 10. The van der Waals surface area contributed by atoms with E-state index >= 15 is 0 Å². The molecule has 2 aliphatic heterocycles. The molecule has 5 heterocycles. The molecule has 4 atom stereocenters. The molecule has 0 saturated carbocycles. The summed E-state index contributed by atoms with van der Waals surface area (Å²) in [4.78, 5) is 59.8. The van der Waals surface area contributed by atoms with E-state index in [4.69, 9.17) is 9.47 Å². The summed E-state index contributed by atoms with van der Waals surface area (Å²) in [7, 11) is 8.68. The van der Waals surface area contributed by atoms with Crippen molar-refractivity contribution >= 4 is 27.8 Å². The van der Waals surface area contributed by atoms with Gasteiger partial charge in [-0.25, -0.2) is 0 Å². The Hall–Kier alpha value is -2.96. The Labute approximate surface area is 262 Å². The van der Waals surface area contributed by atoms with E-state index in [0.717, 1.165) is 5.69 Å². The topological polar surface area (TPSA) is 146 Å². The third-order valence-electron chi connectivity index (χ3n) is 7.65. The van der Waals surface area contributed by atoms with Crippen LogP contribution in [0.5, 0.6) is 0 Å². The number of methoxy groups -OCH3 is 2. The normalized spacial score (nSPS) is 25.0. The van der Waals surface area contributed by atoms with Gasteiger partial charge in [-0.15, -0.1) is 0 Å². The van der Waals surface area contributed by atoms with Gasteiger partial charge in [-0.1, -0.05) is 18.2 Å². The number of carbonyl (C=O) groups is 3. The second kappa shape index (κ2) is 15.0. The molecule has 11 nitrogen and oxygen atoms in total. The van der Waals surface area contributed by atoms with Crippen molar-refractivity contribution in [3.8, 4) is 0 Å². The molecule has 226 valence electrons. The van der Waals surface area contributed by atoms with Crippen LogP contribution in [0.25, 0.3) is 0 Å². The van der Waals surface area contributed by atoms with Gasteiger partial charge in [-0.2, -0.15) is 0 Å². The van der Waals surface area contributed by atoms with Crippen LogP contribution in [0.2, 0.25) is 0 Å². The van der Waals surface area contributed by atoms with Gasteiger partial charge < -0.3 is 27.4 Å². The molecule has 2 aliphatic rings. The fourth-order valence-electron chi connectivity index (χ4n) is 6.30. The van der Waals surface area contributed by atoms with E-state index in [1.54, 1.807) is 62.0 Å². The van der Waals surface area contributed by atoms with Crippen LogP contribution in [-0.4, -0.2) is 82.3 Å². The van der Waals surface area contributed by atoms with Crippen molar-refractivity contribution in [3.05, 3.63) is 90.3 Å². The number of aromatic nitrogens is 3. The molecule has 0 aliphatic carbocycles. The number of piperidine rings is 2. The summed E-state index contributed by atoms with van der Waals surface area (Å²) in [6.07, 6.45) is 4.91. The number of nitrogens with zero attached hydrogens (tertiary/aromatic N) is 5. The quantitative estimate of drug-likeness (QED) is 0.181. The summed E-state index contributed by atoms with van der Waals surface area (Å²) < 4.78 is 10.6. The van der Waals surface area contributed by atoms with Gasteiger partial charge in [-0.05, 0) is 43.4 Å². The van der Waals surface area contributed by atoms with Crippen LogP contribution in [-0.2, 0) is 45.5 Å². The van der Waals surface area contributed by atoms with Crippen LogP contribution >= 0.6 is 10.1 Å². The summed E-state index contributed by atoms with van der Waals surface area (Å²) in [6.45, 7) is 0.321. The molecule has 0 aromatic carbocycles. The SMILES string of the molecule is COC(=O)C12CN(Cc3ccccn3)CC(C(=O)OC)(C1=O)C(c1ccccn1)N(C)C2c1ccccn1.O.[Cl-].[Cl][Fe+]. The maximum absolute atomic E-state index is 14.8. The first-order valence-corrected chi connectivity index (χ1v) is 13.9. The number of carbonyl (C=O) groups excluding carboxylic acids is 3. The van der Waals surface area contributed by atoms with E-state index in [2.05, 4.69) is 40.2 Å². The number of pyridine rings is 3. The van der Waals surface area contributed by atoms with Crippen molar-refractivity contribution in [2.45, 2.75) is 18.6 Å². The summed E-state index contributed by atoms with van der Waals surface area (Å²) in [5.41, 5.74) is -1.80. The standard InChI is InChI=1S/C28H29N5O5.2ClH.Fe.H2O/c1-32-22(20-11-5-8-14-30-20)27(25(35)37-2)17-33(16-19-10-4-7-13-29-19)18-28(24(27)34,26(36)38-3)23(32)21-12-6-9-15-31-21;;;;/h4-15,22-23H,16-18H2,1-3H3;2*1H;;1H2/q;;;+2;/p-2. The third-order valence-corrected chi connectivity index (χ3v) is 7.65. The molecule has 3 aromatic heterocycles. The number of halogens is 2. The average molecular weight is 660 g/mol. The number of Topliss-reactive ketones (excluding diaryl/α,β-unsaturated/α-hetero) is 1. The number of hydrogen-bond donors (Lipinski definition) is 0. The number of ether oxygens (including phenoxy) is 2. The number of fused-ring (bicyclic) bond motifs is 2. The van der Waals surface area contributed by atoms with Crippen LogP contribution in [0.15, 0.2) is 73.2 Å². The van der Waals surface area contributed by atoms with Crippen LogP contribution in [0.1, 0.15) is 29.2 Å². The summed E-state index contributed by atoms with van der Waals surface area (Å²) in [5, 5.41) is 0. The van der Waals surface area contributed by atoms with Crippen LogP contribution in [0, 0.1) is 10.8 Å². The van der Waals surface area contributed by atoms with E-state index in [0.29, 0.717) is 17.9 Å². The number of ketones is 1. The summed E-state index contributed by atoms with van der Waals surface area (Å²) >= 11 is 2.72. The molecule has 0 spiro atoms. The van der Waals surface area contributed by atoms with Crippen molar-refractivity contribution < 1.29 is 56.8 Å². The van der Waals surface area contributed by atoms with Gasteiger partial charge in [0.15, 0.2) is 16.6 Å². The molecule has 0 amide bonds. The Kier molecular flexibility index (Phi) is 12.6. The molecule has 4 unspecified atom stereocenters. The van der Waals surface area contributed by atoms with Crippen molar-refractivity contribution in [3.63, 3.8) is 0 Å². The van der Waals surface area contributed by atoms with E-state index in [1.807, 2.05) is 28.0 Å². The van der Waals surface area contributed by atoms with Gasteiger partial charge in [0, 0.05) is 38.2 Å². The van der Waals surface area contributed by atoms with Crippen molar-refractivity contribution in [2.75, 3.05) is 34.4 Å². The molecule has 3 aromatic rings. The molecule has 2 N–H and O–H groups in total. The molecule has 5 rings (SSSR count). The van der Waals surface area contributed by atoms with E-state index in [9.17, 15) is 14.4 Å². The number of rotatable bonds is 6. The Morgan fingerprint density at radius 2 is 1.29 bits per heavy atom. The van der Waals surface area contributed by atoms with Crippen molar-refractivity contribution in [2.24, 2.45) is 10.8 Å². The molecule has 14 heteroatoms. The van der Waals surface area contributed by atoms with Gasteiger partial charge in [0.2, 0.25) is 0 Å². The Morgan fingerprint density at radius 3 is 1.64 bits per heavy atom. The van der Waals surface area contributed by atoms with Crippen LogP contribution < -0.4 is 12.4 Å². The Bertz CT molecular complexity index is 1270. The fraction of sp³-hybridized carbons (Fsp3) is 0.357. The minimum absolute atomic E-state index is 0. The maximum atomic E-state index is 14.8. The average Bonchev–Trinajstić information content (AvgIpc) is 3.00. The monoisotopic (exact) mass is 659 g/mol. The first-order valence-electron chi connectivity index (χ1n) is 12.4. The Morgan fingerprint density at radius 1 is 0.857 bits per heavy atom. The molecule has 0 radical (unpaired) electrons. The minimum atomic E-state index is -1.77. The first-order chi connectivity index (χ1) is 19.4. The van der Waals surface area contributed by atoms with Crippen LogP contribution in [0.3, 0.4) is 0 Å². The van der Waals surface area contributed by atoms with Crippen molar-refractivity contribution in [1.29, 1.82) is 0 Å². The van der Waals surface area contributed by atoms with Gasteiger partial charge >= 0.3 is 37.1 Å². The summed E-state index contributed by atoms with van der Waals surface area (Å²) in [6, 6.07) is 14.5. The van der Waals surface area contributed by atoms with Gasteiger partial charge in [-0.3, -0.25) is 39.1 Å². The predicted molar refractivity (Wildman–Crippen MR) is 145 cm³/mol. The molecule has 42 heavy (non-hydrogen) atoms. The van der Waals surface area contributed by atoms with Gasteiger partial charge in [0.05, 0.1) is 43.4 Å². The van der Waals surface area contributed by atoms with Gasteiger partial charge in [0.25, 0.3) is 0 Å². The van der Waals surface area contributed by atoms with Crippen LogP contribution in [0.4, 0.5) is 0 Å². The van der Waals surface area contributed by atoms with E-state index in [1.165, 1.54) is 14.2 Å². The third kappa shape index (κ3) is 5.80. The fourth-order valence-corrected chi connectivity index (χ4v) is 6.30. The number of likely N-dealkylation sites (tertiary alicyclic amines) is 2. The zero-order valence-corrected chi connectivity index (χ0v) is 25.7. The molecular weight excluding hydrogens is 629 g/mol. The zero-order chi connectivity index (χ0) is 28.9. The molecule has 2 fully saturated rings. The van der Waals surface area contributed by atoms with E-state index < -0.39 is 40.6 Å². The first kappa shape index (κ1) is 35.2. The number of esters is 2. The predicted octanol–water partition coefficient (Wildman–Crippen LogP) is -1.13. The second-order valence-electron chi connectivity index (χ2n) is 9.70. The molecule has 2 bridgehead atoms. The van der Waals surface area contributed by atoms with Crippen molar-refractivity contribution in [1.82, 2.24) is 24.8 Å². The molecule has 2 saturated heterocycles. The Balaban J connectivity index is 0.00000151. The molecular formula is C28H31Cl2FeN5O6. The zero-order valence-electron chi connectivity index (χ0n) is 23.1. The van der Waals surface area contributed by atoms with Gasteiger partial charge in [0.1, 0.15) is 0 Å². The summed E-state index contributed by atoms with van der Waals surface area (Å²) in [5.74, 6) is -2.02. The second-order valence-corrected chi connectivity index (χ2v) is 9.70.